The predicted octanol–water partition coefficient (Wildman–Crippen LogP) is 0.00670. The second-order valence-electron chi connectivity index (χ2n) is 8.56. The summed E-state index contributed by atoms with van der Waals surface area (Å²) in [6.45, 7) is 3.53. The molecule has 0 saturated heterocycles. The Hall–Kier alpha value is -2.35. The SMILES string of the molecule is CCN(CC)S(=O)(=O)c1cc(N=Nc2ccc(OCCOC)c(S(=O)(=O)O)c2)c2c(NS(C)(=O)=O)cccc2c1[O-].[Na+]. The Morgan fingerprint density at radius 3 is 2.19 bits per heavy atom. The zero-order valence-corrected chi connectivity index (χ0v) is 28.0. The predicted molar refractivity (Wildman–Crippen MR) is 150 cm³/mol. The molecule has 18 heteroatoms. The fraction of sp³-hybridized carbons (Fsp3) is 0.333. The van der Waals surface area contributed by atoms with Gasteiger partial charge >= 0.3 is 29.6 Å². The minimum atomic E-state index is -4.76. The first-order valence-corrected chi connectivity index (χ1v) is 16.8. The summed E-state index contributed by atoms with van der Waals surface area (Å²) in [7, 11) is -11.4. The van der Waals surface area contributed by atoms with E-state index in [2.05, 4.69) is 15.0 Å². The molecule has 42 heavy (non-hydrogen) atoms. The van der Waals surface area contributed by atoms with Gasteiger partial charge in [0.05, 0.1) is 34.8 Å². The van der Waals surface area contributed by atoms with Crippen molar-refractivity contribution in [2.45, 2.75) is 23.6 Å². The van der Waals surface area contributed by atoms with Gasteiger partial charge in [0.2, 0.25) is 20.0 Å². The molecule has 0 aromatic heterocycles. The summed E-state index contributed by atoms with van der Waals surface area (Å²) in [6, 6.07) is 8.60. The van der Waals surface area contributed by atoms with Gasteiger partial charge < -0.3 is 14.6 Å². The summed E-state index contributed by atoms with van der Waals surface area (Å²) in [6.07, 6.45) is 0.900. The van der Waals surface area contributed by atoms with Crippen molar-refractivity contribution in [2.75, 3.05) is 44.4 Å². The van der Waals surface area contributed by atoms with Crippen molar-refractivity contribution in [3.05, 3.63) is 42.5 Å². The molecule has 0 atom stereocenters. The van der Waals surface area contributed by atoms with Crippen LogP contribution in [0.4, 0.5) is 17.1 Å². The minimum absolute atomic E-state index is 0. The number of methoxy groups -OCH3 is 1. The van der Waals surface area contributed by atoms with Crippen molar-refractivity contribution in [1.29, 1.82) is 0 Å². The maximum absolute atomic E-state index is 13.4. The van der Waals surface area contributed by atoms with E-state index in [1.807, 2.05) is 0 Å². The molecular weight excluding hydrogens is 623 g/mol. The number of sulfonamides is 2. The molecule has 0 aliphatic carbocycles. The maximum Gasteiger partial charge on any atom is 1.00 e. The van der Waals surface area contributed by atoms with Crippen LogP contribution in [0.3, 0.4) is 0 Å². The number of nitrogens with zero attached hydrogens (tertiary/aromatic N) is 3. The van der Waals surface area contributed by atoms with Gasteiger partial charge in [-0.25, -0.2) is 16.8 Å². The minimum Gasteiger partial charge on any atom is -0.871 e. The quantitative estimate of drug-likeness (QED) is 0.110. The molecule has 0 aliphatic heterocycles. The smallest absolute Gasteiger partial charge is 0.871 e. The van der Waals surface area contributed by atoms with E-state index in [9.17, 15) is 34.9 Å². The number of rotatable bonds is 13. The molecule has 224 valence electrons. The second kappa shape index (κ2) is 14.4. The Morgan fingerprint density at radius 2 is 1.62 bits per heavy atom. The van der Waals surface area contributed by atoms with Gasteiger partial charge in [0.15, 0.2) is 0 Å². The van der Waals surface area contributed by atoms with E-state index in [1.54, 1.807) is 13.8 Å². The van der Waals surface area contributed by atoms with Crippen LogP contribution in [0.15, 0.2) is 62.5 Å². The first kappa shape index (κ1) is 35.8. The molecule has 0 fully saturated rings. The fourth-order valence-electron chi connectivity index (χ4n) is 3.90. The molecule has 0 amide bonds. The normalized spacial score (nSPS) is 12.5. The molecule has 0 bridgehead atoms. The number of anilines is 1. The van der Waals surface area contributed by atoms with E-state index in [1.165, 1.54) is 37.4 Å². The van der Waals surface area contributed by atoms with Crippen molar-refractivity contribution in [1.82, 2.24) is 4.31 Å². The van der Waals surface area contributed by atoms with Crippen LogP contribution in [-0.4, -0.2) is 73.8 Å². The fourth-order valence-corrected chi connectivity index (χ4v) is 6.68. The van der Waals surface area contributed by atoms with E-state index in [0.29, 0.717) is 0 Å². The number of hydrogen-bond acceptors (Lipinski definition) is 11. The van der Waals surface area contributed by atoms with E-state index < -0.39 is 45.7 Å². The summed E-state index contributed by atoms with van der Waals surface area (Å²) in [4.78, 5) is -1.20. The van der Waals surface area contributed by atoms with Crippen molar-refractivity contribution >= 4 is 58.0 Å². The van der Waals surface area contributed by atoms with Crippen LogP contribution in [-0.2, 0) is 34.9 Å². The maximum atomic E-state index is 13.4. The number of ether oxygens (including phenoxy) is 2. The molecule has 0 heterocycles. The van der Waals surface area contributed by atoms with Gasteiger partial charge in [0.25, 0.3) is 10.1 Å². The second-order valence-corrected chi connectivity index (χ2v) is 13.6. The first-order valence-electron chi connectivity index (χ1n) is 12.0. The van der Waals surface area contributed by atoms with Crippen LogP contribution in [0.1, 0.15) is 13.8 Å². The standard InChI is InChI=1S/C24H30N4O10S3.Na/c1-5-28(6-2)40(32,33)22-15-19(23-17(24(22)29)8-7-9-18(23)27-39(4,30)31)26-25-16-10-11-20(38-13-12-37-3)21(14-16)41(34,35)36;/h7-11,14-15,27,29H,5-6,12-13H2,1-4H3,(H,34,35,36);/q;+1/p-1. The summed E-state index contributed by atoms with van der Waals surface area (Å²) in [5, 5.41) is 21.3. The zero-order chi connectivity index (χ0) is 30.6. The first-order chi connectivity index (χ1) is 19.1. The third-order valence-corrected chi connectivity index (χ3v) is 9.22. The number of nitrogens with one attached hydrogen (secondary N) is 1. The molecule has 0 spiro atoms. The van der Waals surface area contributed by atoms with Crippen LogP contribution >= 0.6 is 0 Å². The number of benzene rings is 3. The average molecular weight is 653 g/mol. The van der Waals surface area contributed by atoms with E-state index >= 15 is 0 Å². The number of azo groups is 1. The van der Waals surface area contributed by atoms with Crippen molar-refractivity contribution in [3.8, 4) is 11.5 Å². The zero-order valence-electron chi connectivity index (χ0n) is 23.6. The van der Waals surface area contributed by atoms with Crippen LogP contribution in [0.5, 0.6) is 11.5 Å². The molecule has 0 aliphatic rings. The van der Waals surface area contributed by atoms with Gasteiger partial charge in [0.1, 0.15) is 17.3 Å². The van der Waals surface area contributed by atoms with Gasteiger partial charge in [-0.05, 0) is 35.7 Å². The molecule has 0 saturated carbocycles. The Kier molecular flexibility index (Phi) is 12.3. The third-order valence-electron chi connectivity index (χ3n) is 5.70. The molecule has 0 unspecified atom stereocenters. The van der Waals surface area contributed by atoms with Gasteiger partial charge in [-0.3, -0.25) is 9.27 Å². The Labute approximate surface area is 266 Å². The molecular formula is C24H29N4NaO10S3. The van der Waals surface area contributed by atoms with Crippen molar-refractivity contribution < 1.29 is 73.9 Å². The van der Waals surface area contributed by atoms with E-state index in [4.69, 9.17) is 9.47 Å². The monoisotopic (exact) mass is 652 g/mol. The van der Waals surface area contributed by atoms with Crippen LogP contribution < -0.4 is 44.1 Å². The molecule has 3 aromatic rings. The summed E-state index contributed by atoms with van der Waals surface area (Å²) in [5.74, 6) is -1.04. The topological polar surface area (TPSA) is 204 Å². The van der Waals surface area contributed by atoms with Gasteiger partial charge in [-0.2, -0.15) is 17.8 Å². The van der Waals surface area contributed by atoms with Crippen LogP contribution in [0.2, 0.25) is 0 Å². The Bertz CT molecular complexity index is 1790. The number of hydrogen-bond donors (Lipinski definition) is 2. The third kappa shape index (κ3) is 8.39. The largest absolute Gasteiger partial charge is 1.00 e. The van der Waals surface area contributed by atoms with E-state index in [0.717, 1.165) is 22.7 Å². The van der Waals surface area contributed by atoms with Crippen LogP contribution in [0, 0.1) is 0 Å². The summed E-state index contributed by atoms with van der Waals surface area (Å²) in [5.41, 5.74) is -0.327. The summed E-state index contributed by atoms with van der Waals surface area (Å²) >= 11 is 0. The molecule has 14 nitrogen and oxygen atoms in total. The summed E-state index contributed by atoms with van der Waals surface area (Å²) < 4.78 is 97.9. The van der Waals surface area contributed by atoms with Crippen molar-refractivity contribution in [2.24, 2.45) is 10.2 Å². The van der Waals surface area contributed by atoms with Crippen LogP contribution in [0.25, 0.3) is 10.8 Å². The van der Waals surface area contributed by atoms with Crippen molar-refractivity contribution in [3.63, 3.8) is 0 Å². The van der Waals surface area contributed by atoms with Gasteiger partial charge in [0, 0.05) is 25.6 Å². The average Bonchev–Trinajstić information content (AvgIpc) is 2.88. The van der Waals surface area contributed by atoms with Gasteiger partial charge in [-0.15, -0.1) is 5.11 Å². The Balaban J connectivity index is 0.00000616. The van der Waals surface area contributed by atoms with E-state index in [-0.39, 0.29) is 89.4 Å². The Morgan fingerprint density at radius 1 is 0.952 bits per heavy atom. The number of fused-ring (bicyclic) bond motifs is 1. The molecule has 3 rings (SSSR count). The molecule has 0 radical (unpaired) electrons. The molecule has 2 N–H and O–H groups in total. The molecule has 3 aromatic carbocycles. The van der Waals surface area contributed by atoms with Gasteiger partial charge in [-0.1, -0.05) is 31.7 Å².